The minimum atomic E-state index is -1.26. The van der Waals surface area contributed by atoms with Crippen molar-refractivity contribution in [2.45, 2.75) is 32.2 Å². The normalized spacial score (nSPS) is 20.8. The van der Waals surface area contributed by atoms with Crippen molar-refractivity contribution in [3.8, 4) is 0 Å². The maximum Gasteiger partial charge on any atom is 0.329 e. The van der Waals surface area contributed by atoms with Crippen molar-refractivity contribution in [2.24, 2.45) is 5.92 Å². The van der Waals surface area contributed by atoms with Gasteiger partial charge in [0.25, 0.3) is 0 Å². The van der Waals surface area contributed by atoms with Crippen LogP contribution in [-0.4, -0.2) is 58.9 Å². The Hall–Kier alpha value is -1.59. The van der Waals surface area contributed by atoms with E-state index in [0.717, 1.165) is 0 Å². The van der Waals surface area contributed by atoms with Gasteiger partial charge in [0.1, 0.15) is 5.54 Å². The monoisotopic (exact) mass is 256 g/mol. The average molecular weight is 256 g/mol. The summed E-state index contributed by atoms with van der Waals surface area (Å²) >= 11 is 0. The molecule has 6 nitrogen and oxygen atoms in total. The molecular formula is C12H20N2O4. The van der Waals surface area contributed by atoms with E-state index >= 15 is 0 Å². The first-order valence-electron chi connectivity index (χ1n) is 5.93. The van der Waals surface area contributed by atoms with Gasteiger partial charge >= 0.3 is 5.97 Å². The van der Waals surface area contributed by atoms with Crippen LogP contribution < -0.4 is 0 Å². The Morgan fingerprint density at radius 2 is 2.00 bits per heavy atom. The number of carbonyl (C=O) groups excluding carboxylic acids is 2. The van der Waals surface area contributed by atoms with Crippen LogP contribution in [0.25, 0.3) is 0 Å². The molecule has 1 saturated heterocycles. The Labute approximate surface area is 107 Å². The third kappa shape index (κ3) is 2.63. The van der Waals surface area contributed by atoms with E-state index in [-0.39, 0.29) is 18.2 Å². The summed E-state index contributed by atoms with van der Waals surface area (Å²) in [6.07, 6.45) is 0.747. The largest absolute Gasteiger partial charge is 0.480 e. The zero-order valence-electron chi connectivity index (χ0n) is 11.3. The summed E-state index contributed by atoms with van der Waals surface area (Å²) in [5.41, 5.74) is -1.26. The summed E-state index contributed by atoms with van der Waals surface area (Å²) in [7, 11) is 3.17. The van der Waals surface area contributed by atoms with Gasteiger partial charge in [0.05, 0.1) is 0 Å². The maximum atomic E-state index is 12.2. The fourth-order valence-corrected chi connectivity index (χ4v) is 1.85. The molecular weight excluding hydrogens is 236 g/mol. The molecule has 2 amide bonds. The highest BCUT2D eigenvalue weighted by molar-refractivity contribution is 5.90. The molecule has 0 bridgehead atoms. The van der Waals surface area contributed by atoms with E-state index in [1.807, 2.05) is 0 Å². The number of amides is 2. The summed E-state index contributed by atoms with van der Waals surface area (Å²) < 4.78 is 0. The summed E-state index contributed by atoms with van der Waals surface area (Å²) in [5, 5.41) is 9.08. The van der Waals surface area contributed by atoms with E-state index in [4.69, 9.17) is 5.11 Å². The minimum absolute atomic E-state index is 0.0684. The number of likely N-dealkylation sites (tertiary alicyclic amines) is 1. The molecule has 0 aromatic carbocycles. The van der Waals surface area contributed by atoms with Gasteiger partial charge in [-0.15, -0.1) is 0 Å². The van der Waals surface area contributed by atoms with Crippen LogP contribution in [0.4, 0.5) is 0 Å². The highest BCUT2D eigenvalue weighted by Gasteiger charge is 2.39. The molecule has 0 saturated carbocycles. The lowest BCUT2D eigenvalue weighted by Crippen LogP contribution is -2.54. The highest BCUT2D eigenvalue weighted by Crippen LogP contribution is 2.23. The van der Waals surface area contributed by atoms with Crippen LogP contribution in [-0.2, 0) is 14.4 Å². The van der Waals surface area contributed by atoms with Gasteiger partial charge in [-0.3, -0.25) is 9.59 Å². The number of carbonyl (C=O) groups is 3. The molecule has 0 radical (unpaired) electrons. The SMILES string of the molecule is CN1CCC(C(=O)N(C)C(C)(C)C(=O)O)CC1=O. The predicted octanol–water partition coefficient (Wildman–Crippen LogP) is 0.176. The molecule has 1 unspecified atom stereocenters. The number of hydrogen-bond acceptors (Lipinski definition) is 3. The number of aliphatic carboxylic acids is 1. The molecule has 1 aliphatic rings. The van der Waals surface area contributed by atoms with Gasteiger partial charge in [0.2, 0.25) is 11.8 Å². The zero-order valence-corrected chi connectivity index (χ0v) is 11.3. The molecule has 0 aliphatic carbocycles. The van der Waals surface area contributed by atoms with Gasteiger partial charge in [-0.05, 0) is 20.3 Å². The van der Waals surface area contributed by atoms with Crippen LogP contribution >= 0.6 is 0 Å². The molecule has 1 aliphatic heterocycles. The van der Waals surface area contributed by atoms with Gasteiger partial charge in [-0.25, -0.2) is 4.79 Å². The van der Waals surface area contributed by atoms with Gasteiger partial charge in [0.15, 0.2) is 0 Å². The van der Waals surface area contributed by atoms with Crippen molar-refractivity contribution in [1.82, 2.24) is 9.80 Å². The van der Waals surface area contributed by atoms with Gasteiger partial charge in [0, 0.05) is 33.0 Å². The summed E-state index contributed by atoms with van der Waals surface area (Å²) in [6.45, 7) is 3.49. The predicted molar refractivity (Wildman–Crippen MR) is 64.8 cm³/mol. The number of carboxylic acid groups (broad SMARTS) is 1. The quantitative estimate of drug-likeness (QED) is 0.781. The Morgan fingerprint density at radius 1 is 1.44 bits per heavy atom. The molecule has 1 atom stereocenters. The Bertz CT molecular complexity index is 378. The number of likely N-dealkylation sites (N-methyl/N-ethyl adjacent to an activating group) is 1. The lowest BCUT2D eigenvalue weighted by atomic mass is 9.92. The standard InChI is InChI=1S/C12H20N2O4/c1-12(2,11(17)18)14(4)10(16)8-5-6-13(3)9(15)7-8/h8H,5-7H2,1-4H3,(H,17,18). The molecule has 0 spiro atoms. The van der Waals surface area contributed by atoms with Gasteiger partial charge in [-0.2, -0.15) is 0 Å². The average Bonchev–Trinajstić information content (AvgIpc) is 2.30. The van der Waals surface area contributed by atoms with Crippen LogP contribution in [0.5, 0.6) is 0 Å². The van der Waals surface area contributed by atoms with E-state index in [2.05, 4.69) is 0 Å². The van der Waals surface area contributed by atoms with E-state index in [1.165, 1.54) is 25.8 Å². The van der Waals surface area contributed by atoms with Crippen LogP contribution in [0.15, 0.2) is 0 Å². The van der Waals surface area contributed by atoms with E-state index in [1.54, 1.807) is 11.9 Å². The van der Waals surface area contributed by atoms with Crippen molar-refractivity contribution >= 4 is 17.8 Å². The molecule has 0 aromatic rings. The van der Waals surface area contributed by atoms with Crippen molar-refractivity contribution in [1.29, 1.82) is 0 Å². The topological polar surface area (TPSA) is 77.9 Å². The van der Waals surface area contributed by atoms with Crippen molar-refractivity contribution in [3.05, 3.63) is 0 Å². The molecule has 0 aromatic heterocycles. The van der Waals surface area contributed by atoms with Crippen LogP contribution in [0.3, 0.4) is 0 Å². The van der Waals surface area contributed by atoms with Crippen molar-refractivity contribution in [2.75, 3.05) is 20.6 Å². The number of carboxylic acids is 1. The minimum Gasteiger partial charge on any atom is -0.480 e. The van der Waals surface area contributed by atoms with Gasteiger partial charge < -0.3 is 14.9 Å². The number of piperidine rings is 1. The Balaban J connectivity index is 2.76. The molecule has 6 heteroatoms. The first-order valence-corrected chi connectivity index (χ1v) is 5.93. The second-order valence-electron chi connectivity index (χ2n) is 5.27. The zero-order chi connectivity index (χ0) is 14.1. The Morgan fingerprint density at radius 3 is 2.44 bits per heavy atom. The van der Waals surface area contributed by atoms with E-state index in [9.17, 15) is 14.4 Å². The summed E-state index contributed by atoms with van der Waals surface area (Å²) in [6, 6.07) is 0. The highest BCUT2D eigenvalue weighted by atomic mass is 16.4. The van der Waals surface area contributed by atoms with E-state index in [0.29, 0.717) is 13.0 Å². The molecule has 1 rings (SSSR count). The van der Waals surface area contributed by atoms with Crippen molar-refractivity contribution < 1.29 is 19.5 Å². The third-order valence-electron chi connectivity index (χ3n) is 3.70. The first kappa shape index (κ1) is 14.5. The number of nitrogens with zero attached hydrogens (tertiary/aromatic N) is 2. The van der Waals surface area contributed by atoms with E-state index < -0.39 is 17.4 Å². The molecule has 1 heterocycles. The van der Waals surface area contributed by atoms with Gasteiger partial charge in [-0.1, -0.05) is 0 Å². The second kappa shape index (κ2) is 4.96. The number of rotatable bonds is 3. The molecule has 1 N–H and O–H groups in total. The third-order valence-corrected chi connectivity index (χ3v) is 3.70. The smallest absolute Gasteiger partial charge is 0.329 e. The van der Waals surface area contributed by atoms with Crippen molar-refractivity contribution in [3.63, 3.8) is 0 Å². The fraction of sp³-hybridized carbons (Fsp3) is 0.750. The van der Waals surface area contributed by atoms with Crippen LogP contribution in [0.2, 0.25) is 0 Å². The lowest BCUT2D eigenvalue weighted by molar-refractivity contribution is -0.158. The fourth-order valence-electron chi connectivity index (χ4n) is 1.85. The molecule has 18 heavy (non-hydrogen) atoms. The Kier molecular flexibility index (Phi) is 3.98. The molecule has 102 valence electrons. The van der Waals surface area contributed by atoms with Crippen LogP contribution in [0, 0.1) is 5.92 Å². The lowest BCUT2D eigenvalue weighted by Gasteiger charge is -2.36. The molecule has 1 fully saturated rings. The second-order valence-corrected chi connectivity index (χ2v) is 5.27. The van der Waals surface area contributed by atoms with Crippen LogP contribution in [0.1, 0.15) is 26.7 Å². The summed E-state index contributed by atoms with van der Waals surface area (Å²) in [5.74, 6) is -1.81. The maximum absolute atomic E-state index is 12.2. The first-order chi connectivity index (χ1) is 8.17. The summed E-state index contributed by atoms with van der Waals surface area (Å²) in [4.78, 5) is 37.7. The number of hydrogen-bond donors (Lipinski definition) is 1.